The number of methoxy groups -OCH3 is 1. The van der Waals surface area contributed by atoms with Gasteiger partial charge in [-0.1, -0.05) is 56.3 Å². The van der Waals surface area contributed by atoms with Crippen molar-refractivity contribution in [1.82, 2.24) is 20.8 Å². The van der Waals surface area contributed by atoms with Crippen LogP contribution in [0.1, 0.15) is 44.1 Å². The van der Waals surface area contributed by atoms with Crippen molar-refractivity contribution in [3.8, 4) is 17.2 Å². The minimum atomic E-state index is -1.23. The number of rotatable bonds is 16. The van der Waals surface area contributed by atoms with Crippen LogP contribution in [0.3, 0.4) is 0 Å². The van der Waals surface area contributed by atoms with Crippen LogP contribution in [0.2, 0.25) is 0 Å². The molecule has 2 aromatic carbocycles. The Balaban J connectivity index is 1.67. The maximum Gasteiger partial charge on any atom is 0.305 e. The third-order valence-corrected chi connectivity index (χ3v) is 7.39. The number of thioether (sulfide) groups is 1. The van der Waals surface area contributed by atoms with Crippen LogP contribution in [-0.4, -0.2) is 63.8 Å². The molecule has 1 heterocycles. The van der Waals surface area contributed by atoms with Gasteiger partial charge in [-0.05, 0) is 29.7 Å². The van der Waals surface area contributed by atoms with Gasteiger partial charge in [0.1, 0.15) is 11.8 Å². The SMILES string of the molecule is CCc1noc(-c2ccc(OC)c(CC(=O)N[C@H](C(=O)N[C@@H](CC(=O)O)C(=O)CSCc3ccccc3)C(C)C)c2)n1. The molecule has 0 bridgehead atoms. The normalized spacial score (nSPS) is 12.4. The van der Waals surface area contributed by atoms with Crippen LogP contribution in [-0.2, 0) is 37.8 Å². The molecule has 0 aliphatic carbocycles. The van der Waals surface area contributed by atoms with Crippen molar-refractivity contribution in [2.75, 3.05) is 12.9 Å². The van der Waals surface area contributed by atoms with E-state index in [9.17, 15) is 24.3 Å². The Morgan fingerprint density at radius 1 is 1.07 bits per heavy atom. The topological polar surface area (TPSA) is 161 Å². The summed E-state index contributed by atoms with van der Waals surface area (Å²) in [4.78, 5) is 55.0. The van der Waals surface area contributed by atoms with E-state index in [1.54, 1.807) is 32.0 Å². The standard InChI is InChI=1S/C30H36N4O7S/c1-5-25-32-30(41-34-25)20-11-12-24(40-4)21(13-20)14-26(36)33-28(18(2)3)29(39)31-22(15-27(37)38)23(35)17-42-16-19-9-7-6-8-10-19/h6-13,18,22,28H,5,14-17H2,1-4H3,(H,31,39)(H,33,36)(H,37,38)/t22-,28-/m0/s1. The molecule has 0 unspecified atom stereocenters. The lowest BCUT2D eigenvalue weighted by atomic mass is 10.0. The smallest absolute Gasteiger partial charge is 0.305 e. The van der Waals surface area contributed by atoms with E-state index in [2.05, 4.69) is 20.8 Å². The molecule has 3 rings (SSSR count). The molecule has 3 N–H and O–H groups in total. The molecule has 0 radical (unpaired) electrons. The number of aromatic nitrogens is 2. The van der Waals surface area contributed by atoms with E-state index in [4.69, 9.17) is 9.26 Å². The zero-order valence-electron chi connectivity index (χ0n) is 24.1. The Bertz CT molecular complexity index is 1380. The summed E-state index contributed by atoms with van der Waals surface area (Å²) in [6.45, 7) is 5.40. The number of ketones is 1. The molecule has 0 fully saturated rings. The van der Waals surface area contributed by atoms with Crippen LogP contribution in [0.4, 0.5) is 0 Å². The summed E-state index contributed by atoms with van der Waals surface area (Å²) in [6.07, 6.45) is -0.0659. The molecule has 0 aliphatic heterocycles. The van der Waals surface area contributed by atoms with Crippen molar-refractivity contribution < 1.29 is 33.5 Å². The fourth-order valence-electron chi connectivity index (χ4n) is 4.12. The molecule has 0 spiro atoms. The Morgan fingerprint density at radius 3 is 2.43 bits per heavy atom. The quantitative estimate of drug-likeness (QED) is 0.223. The van der Waals surface area contributed by atoms with Crippen LogP contribution in [0.5, 0.6) is 5.75 Å². The molecule has 1 aromatic heterocycles. The van der Waals surface area contributed by atoms with Gasteiger partial charge in [0, 0.05) is 23.3 Å². The van der Waals surface area contributed by atoms with E-state index in [1.807, 2.05) is 37.3 Å². The molecule has 0 saturated heterocycles. The van der Waals surface area contributed by atoms with Gasteiger partial charge in [0.05, 0.1) is 31.7 Å². The first kappa shape index (κ1) is 32.3. The van der Waals surface area contributed by atoms with E-state index in [-0.39, 0.29) is 18.1 Å². The molecule has 42 heavy (non-hydrogen) atoms. The first-order valence-corrected chi connectivity index (χ1v) is 14.7. The highest BCUT2D eigenvalue weighted by Gasteiger charge is 2.30. The van der Waals surface area contributed by atoms with Crippen LogP contribution in [0.25, 0.3) is 11.5 Å². The molecule has 0 aliphatic rings. The third-order valence-electron chi connectivity index (χ3n) is 6.37. The second-order valence-corrected chi connectivity index (χ2v) is 11.0. The minimum Gasteiger partial charge on any atom is -0.496 e. The molecule has 3 aromatic rings. The summed E-state index contributed by atoms with van der Waals surface area (Å²) in [6, 6.07) is 12.5. The van der Waals surface area contributed by atoms with Gasteiger partial charge in [-0.2, -0.15) is 4.98 Å². The number of amides is 2. The fourth-order valence-corrected chi connectivity index (χ4v) is 5.06. The van der Waals surface area contributed by atoms with Gasteiger partial charge in [-0.25, -0.2) is 0 Å². The van der Waals surface area contributed by atoms with Crippen LogP contribution in [0.15, 0.2) is 53.1 Å². The monoisotopic (exact) mass is 596 g/mol. The summed E-state index contributed by atoms with van der Waals surface area (Å²) in [5, 5.41) is 18.6. The van der Waals surface area contributed by atoms with Crippen molar-refractivity contribution in [3.63, 3.8) is 0 Å². The number of benzene rings is 2. The molecule has 2 atom stereocenters. The summed E-state index contributed by atoms with van der Waals surface area (Å²) in [7, 11) is 1.49. The van der Waals surface area contributed by atoms with E-state index in [0.29, 0.717) is 40.8 Å². The van der Waals surface area contributed by atoms with E-state index in [0.717, 1.165) is 5.56 Å². The number of nitrogens with one attached hydrogen (secondary N) is 2. The molecule has 224 valence electrons. The number of ether oxygens (including phenoxy) is 1. The van der Waals surface area contributed by atoms with E-state index >= 15 is 0 Å². The summed E-state index contributed by atoms with van der Waals surface area (Å²) >= 11 is 1.34. The van der Waals surface area contributed by atoms with E-state index in [1.165, 1.54) is 18.9 Å². The zero-order valence-corrected chi connectivity index (χ0v) is 24.9. The van der Waals surface area contributed by atoms with Crippen molar-refractivity contribution in [2.24, 2.45) is 5.92 Å². The molecule has 0 saturated carbocycles. The Labute approximate surface area is 248 Å². The Morgan fingerprint density at radius 2 is 1.81 bits per heavy atom. The number of carbonyl (C=O) groups is 4. The number of hydrogen-bond acceptors (Lipinski definition) is 9. The molecule has 2 amide bonds. The summed E-state index contributed by atoms with van der Waals surface area (Å²) in [5.41, 5.74) is 2.19. The van der Waals surface area contributed by atoms with Crippen molar-refractivity contribution in [1.29, 1.82) is 0 Å². The van der Waals surface area contributed by atoms with Gasteiger partial charge in [-0.15, -0.1) is 11.8 Å². The maximum atomic E-state index is 13.2. The largest absolute Gasteiger partial charge is 0.496 e. The number of carboxylic acid groups (broad SMARTS) is 1. The Kier molecular flexibility index (Phi) is 12.1. The highest BCUT2D eigenvalue weighted by atomic mass is 32.2. The fraction of sp³-hybridized carbons (Fsp3) is 0.400. The van der Waals surface area contributed by atoms with Gasteiger partial charge in [0.25, 0.3) is 5.89 Å². The average Bonchev–Trinajstić information content (AvgIpc) is 3.45. The lowest BCUT2D eigenvalue weighted by Gasteiger charge is -2.25. The number of nitrogens with zero attached hydrogens (tertiary/aromatic N) is 2. The van der Waals surface area contributed by atoms with E-state index < -0.39 is 42.1 Å². The highest BCUT2D eigenvalue weighted by Crippen LogP contribution is 2.26. The lowest BCUT2D eigenvalue weighted by Crippen LogP contribution is -2.54. The van der Waals surface area contributed by atoms with Gasteiger partial charge in [0.2, 0.25) is 11.8 Å². The first-order valence-electron chi connectivity index (χ1n) is 13.6. The zero-order chi connectivity index (χ0) is 30.6. The van der Waals surface area contributed by atoms with Crippen LogP contribution >= 0.6 is 11.8 Å². The van der Waals surface area contributed by atoms with Crippen LogP contribution < -0.4 is 15.4 Å². The molecular formula is C30H36N4O7S. The first-order chi connectivity index (χ1) is 20.1. The van der Waals surface area contributed by atoms with Gasteiger partial charge >= 0.3 is 5.97 Å². The predicted molar refractivity (Wildman–Crippen MR) is 158 cm³/mol. The summed E-state index contributed by atoms with van der Waals surface area (Å²) < 4.78 is 10.7. The number of aliphatic carboxylic acids is 1. The lowest BCUT2D eigenvalue weighted by molar-refractivity contribution is -0.140. The average molecular weight is 597 g/mol. The number of hydrogen-bond donors (Lipinski definition) is 3. The molecular weight excluding hydrogens is 560 g/mol. The van der Waals surface area contributed by atoms with Crippen molar-refractivity contribution >= 4 is 35.3 Å². The van der Waals surface area contributed by atoms with Crippen molar-refractivity contribution in [2.45, 2.75) is 57.9 Å². The number of Topliss-reactive ketones (excluding diaryl/α,β-unsaturated/α-hetero) is 1. The second-order valence-electron chi connectivity index (χ2n) is 9.97. The maximum absolute atomic E-state index is 13.2. The third kappa shape index (κ3) is 9.44. The Hall–Kier alpha value is -4.19. The molecule has 12 heteroatoms. The molecule has 11 nitrogen and oxygen atoms in total. The second kappa shape index (κ2) is 15.7. The van der Waals surface area contributed by atoms with Crippen LogP contribution in [0, 0.1) is 5.92 Å². The number of aryl methyl sites for hydroxylation is 1. The van der Waals surface area contributed by atoms with Gasteiger partial charge in [0.15, 0.2) is 11.6 Å². The van der Waals surface area contributed by atoms with Gasteiger partial charge in [-0.3, -0.25) is 19.2 Å². The summed E-state index contributed by atoms with van der Waals surface area (Å²) in [5.74, 6) is -1.13. The highest BCUT2D eigenvalue weighted by molar-refractivity contribution is 7.99. The number of carbonyl (C=O) groups excluding carboxylic acids is 3. The predicted octanol–water partition coefficient (Wildman–Crippen LogP) is 3.45. The number of carboxylic acids is 1. The van der Waals surface area contributed by atoms with Gasteiger partial charge < -0.3 is 25.0 Å². The van der Waals surface area contributed by atoms with Crippen molar-refractivity contribution in [3.05, 3.63) is 65.5 Å². The minimum absolute atomic E-state index is 0.0295.